The second-order valence-electron chi connectivity index (χ2n) is 4.65. The third kappa shape index (κ3) is 2.81. The molecule has 3 aromatic rings. The maximum absolute atomic E-state index is 11.3. The van der Waals surface area contributed by atoms with E-state index < -0.39 is 5.91 Å². The summed E-state index contributed by atoms with van der Waals surface area (Å²) in [6.45, 7) is 0.580. The van der Waals surface area contributed by atoms with Gasteiger partial charge in [-0.2, -0.15) is 0 Å². The van der Waals surface area contributed by atoms with Gasteiger partial charge in [0.05, 0.1) is 11.2 Å². The standard InChI is InChI=1S/C16H14N4O/c17-16(21)15-14(4-2-8-19-15)20-10-11-5-6-13-12(9-11)3-1-7-18-13/h1-9,20H,10H2,(H2,17,21). The summed E-state index contributed by atoms with van der Waals surface area (Å²) in [6, 6.07) is 13.5. The van der Waals surface area contributed by atoms with Crippen LogP contribution in [0.1, 0.15) is 16.1 Å². The predicted molar refractivity (Wildman–Crippen MR) is 81.8 cm³/mol. The van der Waals surface area contributed by atoms with E-state index in [9.17, 15) is 4.79 Å². The van der Waals surface area contributed by atoms with Crippen molar-refractivity contribution in [1.29, 1.82) is 0 Å². The molecule has 0 saturated carbocycles. The maximum atomic E-state index is 11.3. The molecule has 2 aromatic heterocycles. The van der Waals surface area contributed by atoms with Crippen molar-refractivity contribution in [1.82, 2.24) is 9.97 Å². The zero-order chi connectivity index (χ0) is 14.7. The summed E-state index contributed by atoms with van der Waals surface area (Å²) in [6.07, 6.45) is 3.32. The minimum atomic E-state index is -0.541. The zero-order valence-electron chi connectivity index (χ0n) is 11.3. The minimum absolute atomic E-state index is 0.250. The van der Waals surface area contributed by atoms with Gasteiger partial charge in [-0.3, -0.25) is 9.78 Å². The van der Waals surface area contributed by atoms with E-state index >= 15 is 0 Å². The van der Waals surface area contributed by atoms with Gasteiger partial charge in [0, 0.05) is 24.3 Å². The molecule has 0 aliphatic carbocycles. The monoisotopic (exact) mass is 278 g/mol. The zero-order valence-corrected chi connectivity index (χ0v) is 11.3. The first-order valence-electron chi connectivity index (χ1n) is 6.56. The first-order valence-corrected chi connectivity index (χ1v) is 6.56. The van der Waals surface area contributed by atoms with E-state index in [1.165, 1.54) is 0 Å². The van der Waals surface area contributed by atoms with Gasteiger partial charge in [0.1, 0.15) is 0 Å². The lowest BCUT2D eigenvalue weighted by Crippen LogP contribution is -2.16. The molecule has 0 fully saturated rings. The summed E-state index contributed by atoms with van der Waals surface area (Å²) in [5.41, 5.74) is 8.24. The first-order chi connectivity index (χ1) is 10.2. The largest absolute Gasteiger partial charge is 0.379 e. The topological polar surface area (TPSA) is 80.9 Å². The smallest absolute Gasteiger partial charge is 0.269 e. The first kappa shape index (κ1) is 13.1. The highest BCUT2D eigenvalue weighted by Gasteiger charge is 2.08. The number of anilines is 1. The number of pyridine rings is 2. The van der Waals surface area contributed by atoms with E-state index in [4.69, 9.17) is 5.73 Å². The van der Waals surface area contributed by atoms with Gasteiger partial charge in [0.15, 0.2) is 5.69 Å². The van der Waals surface area contributed by atoms with E-state index in [1.807, 2.05) is 24.3 Å². The molecule has 21 heavy (non-hydrogen) atoms. The number of carbonyl (C=O) groups is 1. The number of nitrogens with zero attached hydrogens (tertiary/aromatic N) is 2. The fourth-order valence-electron chi connectivity index (χ4n) is 2.18. The number of primary amides is 1. The van der Waals surface area contributed by atoms with Crippen LogP contribution in [-0.2, 0) is 6.54 Å². The van der Waals surface area contributed by atoms with Crippen LogP contribution >= 0.6 is 0 Å². The summed E-state index contributed by atoms with van der Waals surface area (Å²) >= 11 is 0. The molecule has 5 heteroatoms. The van der Waals surface area contributed by atoms with Gasteiger partial charge in [-0.25, -0.2) is 4.98 Å². The third-order valence-electron chi connectivity index (χ3n) is 3.19. The molecule has 0 aliphatic heterocycles. The van der Waals surface area contributed by atoms with Crippen LogP contribution in [0.4, 0.5) is 5.69 Å². The predicted octanol–water partition coefficient (Wildman–Crippen LogP) is 2.34. The molecule has 5 nitrogen and oxygen atoms in total. The highest BCUT2D eigenvalue weighted by atomic mass is 16.1. The molecular formula is C16H14N4O. The molecule has 0 atom stereocenters. The lowest BCUT2D eigenvalue weighted by atomic mass is 10.1. The molecule has 1 amide bonds. The minimum Gasteiger partial charge on any atom is -0.379 e. The number of hydrogen-bond donors (Lipinski definition) is 2. The van der Waals surface area contributed by atoms with Crippen molar-refractivity contribution in [3.63, 3.8) is 0 Å². The lowest BCUT2D eigenvalue weighted by Gasteiger charge is -2.09. The fraction of sp³-hybridized carbons (Fsp3) is 0.0625. The second-order valence-corrected chi connectivity index (χ2v) is 4.65. The molecule has 0 radical (unpaired) electrons. The molecule has 3 rings (SSSR count). The second kappa shape index (κ2) is 5.58. The van der Waals surface area contributed by atoms with Crippen molar-refractivity contribution in [3.05, 3.63) is 66.1 Å². The van der Waals surface area contributed by atoms with Crippen LogP contribution in [0.15, 0.2) is 54.9 Å². The van der Waals surface area contributed by atoms with Crippen LogP contribution in [0.3, 0.4) is 0 Å². The van der Waals surface area contributed by atoms with Crippen molar-refractivity contribution in [2.75, 3.05) is 5.32 Å². The summed E-state index contributed by atoms with van der Waals surface area (Å²) < 4.78 is 0. The SMILES string of the molecule is NC(=O)c1ncccc1NCc1ccc2ncccc2c1. The lowest BCUT2D eigenvalue weighted by molar-refractivity contribution is 0.0996. The Balaban J connectivity index is 1.82. The highest BCUT2D eigenvalue weighted by Crippen LogP contribution is 2.16. The van der Waals surface area contributed by atoms with Crippen LogP contribution in [-0.4, -0.2) is 15.9 Å². The van der Waals surface area contributed by atoms with Crippen molar-refractivity contribution in [2.45, 2.75) is 6.54 Å². The number of rotatable bonds is 4. The number of fused-ring (bicyclic) bond motifs is 1. The Morgan fingerprint density at radius 1 is 1.10 bits per heavy atom. The van der Waals surface area contributed by atoms with Crippen LogP contribution in [0.25, 0.3) is 10.9 Å². The normalized spacial score (nSPS) is 10.5. The molecule has 0 spiro atoms. The van der Waals surface area contributed by atoms with Crippen LogP contribution in [0.2, 0.25) is 0 Å². The fourth-order valence-corrected chi connectivity index (χ4v) is 2.18. The van der Waals surface area contributed by atoms with Gasteiger partial charge in [-0.05, 0) is 35.9 Å². The average Bonchev–Trinajstić information content (AvgIpc) is 2.53. The molecule has 0 aliphatic rings. The molecule has 0 unspecified atom stereocenters. The number of nitrogens with one attached hydrogen (secondary N) is 1. The Morgan fingerprint density at radius 2 is 1.90 bits per heavy atom. The Kier molecular flexibility index (Phi) is 3.47. The summed E-state index contributed by atoms with van der Waals surface area (Å²) in [5.74, 6) is -0.541. The molecule has 0 bridgehead atoms. The molecular weight excluding hydrogens is 264 g/mol. The van der Waals surface area contributed by atoms with Crippen molar-refractivity contribution in [2.24, 2.45) is 5.73 Å². The Bertz CT molecular complexity index is 801. The maximum Gasteiger partial charge on any atom is 0.269 e. The summed E-state index contributed by atoms with van der Waals surface area (Å²) in [5, 5.41) is 4.27. The molecule has 1 aromatic carbocycles. The van der Waals surface area contributed by atoms with Crippen LogP contribution in [0.5, 0.6) is 0 Å². The van der Waals surface area contributed by atoms with Gasteiger partial charge in [-0.15, -0.1) is 0 Å². The number of aromatic nitrogens is 2. The number of hydrogen-bond acceptors (Lipinski definition) is 4. The van der Waals surface area contributed by atoms with Gasteiger partial charge < -0.3 is 11.1 Å². The Hall–Kier alpha value is -2.95. The van der Waals surface area contributed by atoms with Gasteiger partial charge in [-0.1, -0.05) is 12.1 Å². The summed E-state index contributed by atoms with van der Waals surface area (Å²) in [4.78, 5) is 19.6. The van der Waals surface area contributed by atoms with Crippen molar-refractivity contribution >= 4 is 22.5 Å². The van der Waals surface area contributed by atoms with Gasteiger partial charge in [0.25, 0.3) is 5.91 Å². The van der Waals surface area contributed by atoms with Crippen molar-refractivity contribution in [3.8, 4) is 0 Å². The van der Waals surface area contributed by atoms with E-state index in [0.29, 0.717) is 12.2 Å². The molecule has 104 valence electrons. The number of carbonyl (C=O) groups excluding carboxylic acids is 1. The summed E-state index contributed by atoms with van der Waals surface area (Å²) in [7, 11) is 0. The average molecular weight is 278 g/mol. The number of nitrogens with two attached hydrogens (primary N) is 1. The van der Waals surface area contributed by atoms with Crippen LogP contribution < -0.4 is 11.1 Å². The quantitative estimate of drug-likeness (QED) is 0.767. The van der Waals surface area contributed by atoms with E-state index in [1.54, 1.807) is 24.5 Å². The Morgan fingerprint density at radius 3 is 2.76 bits per heavy atom. The molecule has 3 N–H and O–H groups in total. The number of amides is 1. The molecule has 0 saturated heterocycles. The van der Waals surface area contributed by atoms with Crippen LogP contribution in [0, 0.1) is 0 Å². The van der Waals surface area contributed by atoms with E-state index in [2.05, 4.69) is 21.4 Å². The van der Waals surface area contributed by atoms with E-state index in [0.717, 1.165) is 16.5 Å². The third-order valence-corrected chi connectivity index (χ3v) is 3.19. The molecule has 2 heterocycles. The van der Waals surface area contributed by atoms with Crippen molar-refractivity contribution < 1.29 is 4.79 Å². The number of benzene rings is 1. The van der Waals surface area contributed by atoms with Gasteiger partial charge in [0.2, 0.25) is 0 Å². The van der Waals surface area contributed by atoms with Gasteiger partial charge >= 0.3 is 0 Å². The Labute approximate surface area is 121 Å². The van der Waals surface area contributed by atoms with E-state index in [-0.39, 0.29) is 5.69 Å². The highest BCUT2D eigenvalue weighted by molar-refractivity contribution is 5.96.